The maximum absolute atomic E-state index is 11.8. The molecule has 1 amide bonds. The Bertz CT molecular complexity index is 563. The Balaban J connectivity index is 1.72. The summed E-state index contributed by atoms with van der Waals surface area (Å²) in [7, 11) is 0. The van der Waals surface area contributed by atoms with Crippen LogP contribution >= 0.6 is 15.9 Å². The second-order valence-electron chi connectivity index (χ2n) is 5.75. The molecule has 0 unspecified atom stereocenters. The van der Waals surface area contributed by atoms with E-state index in [0.717, 1.165) is 35.7 Å². The standard InChI is InChI=1S/C18H22BrNO3/c19-15-7-5-6-14(12-15)10-11-18(22)23-13-17(21)20-16-8-3-1-2-4-9-16/h5-7,10-12,16H,1-4,8-9,13H2,(H,20,21). The van der Waals surface area contributed by atoms with Gasteiger partial charge in [0.25, 0.3) is 5.91 Å². The quantitative estimate of drug-likeness (QED) is 0.480. The predicted octanol–water partition coefficient (Wildman–Crippen LogP) is 3.84. The molecule has 0 aromatic heterocycles. The fourth-order valence-corrected chi connectivity index (χ4v) is 3.07. The molecule has 4 nitrogen and oxygen atoms in total. The average Bonchev–Trinajstić information content (AvgIpc) is 2.80. The molecule has 0 bridgehead atoms. The van der Waals surface area contributed by atoms with E-state index in [-0.39, 0.29) is 18.6 Å². The number of benzene rings is 1. The van der Waals surface area contributed by atoms with Crippen molar-refractivity contribution < 1.29 is 14.3 Å². The van der Waals surface area contributed by atoms with Crippen LogP contribution in [0.4, 0.5) is 0 Å². The number of carbonyl (C=O) groups is 2. The Hall–Kier alpha value is -1.62. The van der Waals surface area contributed by atoms with Crippen LogP contribution in [-0.2, 0) is 14.3 Å². The van der Waals surface area contributed by atoms with Crippen LogP contribution in [0.2, 0.25) is 0 Å². The Morgan fingerprint density at radius 3 is 2.65 bits per heavy atom. The zero-order chi connectivity index (χ0) is 16.5. The molecule has 1 aliphatic rings. The van der Waals surface area contributed by atoms with Gasteiger partial charge in [0.15, 0.2) is 6.61 Å². The van der Waals surface area contributed by atoms with Crippen LogP contribution in [0.5, 0.6) is 0 Å². The lowest BCUT2D eigenvalue weighted by Gasteiger charge is -2.15. The Morgan fingerprint density at radius 1 is 1.22 bits per heavy atom. The van der Waals surface area contributed by atoms with Gasteiger partial charge in [-0.1, -0.05) is 53.7 Å². The molecule has 1 N–H and O–H groups in total. The van der Waals surface area contributed by atoms with E-state index in [0.29, 0.717) is 0 Å². The van der Waals surface area contributed by atoms with E-state index in [1.807, 2.05) is 24.3 Å². The van der Waals surface area contributed by atoms with Gasteiger partial charge in [0.2, 0.25) is 0 Å². The molecule has 0 aliphatic heterocycles. The Labute approximate surface area is 145 Å². The van der Waals surface area contributed by atoms with Gasteiger partial charge in [0.05, 0.1) is 0 Å². The summed E-state index contributed by atoms with van der Waals surface area (Å²) in [5.41, 5.74) is 0.888. The minimum atomic E-state index is -0.513. The maximum atomic E-state index is 11.8. The van der Waals surface area contributed by atoms with Crippen molar-refractivity contribution in [3.05, 3.63) is 40.4 Å². The Kier molecular flexibility index (Phi) is 7.33. The minimum Gasteiger partial charge on any atom is -0.452 e. The van der Waals surface area contributed by atoms with Crippen LogP contribution in [0.15, 0.2) is 34.8 Å². The summed E-state index contributed by atoms with van der Waals surface area (Å²) in [6.45, 7) is -0.224. The van der Waals surface area contributed by atoms with Crippen molar-refractivity contribution >= 4 is 33.9 Å². The lowest BCUT2D eigenvalue weighted by Crippen LogP contribution is -2.37. The van der Waals surface area contributed by atoms with Gasteiger partial charge in [-0.05, 0) is 36.6 Å². The molecule has 1 aliphatic carbocycles. The first kappa shape index (κ1) is 17.7. The van der Waals surface area contributed by atoms with E-state index in [2.05, 4.69) is 21.2 Å². The van der Waals surface area contributed by atoms with Gasteiger partial charge in [0, 0.05) is 16.6 Å². The van der Waals surface area contributed by atoms with E-state index < -0.39 is 5.97 Å². The van der Waals surface area contributed by atoms with Crippen molar-refractivity contribution in [3.63, 3.8) is 0 Å². The zero-order valence-electron chi connectivity index (χ0n) is 13.1. The van der Waals surface area contributed by atoms with Crippen LogP contribution in [-0.4, -0.2) is 24.5 Å². The summed E-state index contributed by atoms with van der Waals surface area (Å²) in [4.78, 5) is 23.5. The fraction of sp³-hybridized carbons (Fsp3) is 0.444. The first-order valence-corrected chi connectivity index (χ1v) is 8.82. The van der Waals surface area contributed by atoms with E-state index in [1.54, 1.807) is 6.08 Å². The molecular formula is C18H22BrNO3. The largest absolute Gasteiger partial charge is 0.452 e. The van der Waals surface area contributed by atoms with E-state index in [9.17, 15) is 9.59 Å². The van der Waals surface area contributed by atoms with Crippen molar-refractivity contribution in [3.8, 4) is 0 Å². The van der Waals surface area contributed by atoms with Crippen molar-refractivity contribution in [2.45, 2.75) is 44.6 Å². The number of rotatable bonds is 5. The SMILES string of the molecule is O=C(COC(=O)C=Cc1cccc(Br)c1)NC1CCCCCC1. The van der Waals surface area contributed by atoms with Gasteiger partial charge >= 0.3 is 5.97 Å². The molecular weight excluding hydrogens is 358 g/mol. The molecule has 1 fully saturated rings. The topological polar surface area (TPSA) is 55.4 Å². The van der Waals surface area contributed by atoms with E-state index in [4.69, 9.17) is 4.74 Å². The highest BCUT2D eigenvalue weighted by Gasteiger charge is 2.15. The molecule has 0 radical (unpaired) electrons. The zero-order valence-corrected chi connectivity index (χ0v) is 14.7. The van der Waals surface area contributed by atoms with Gasteiger partial charge in [-0.25, -0.2) is 4.79 Å². The highest BCUT2D eigenvalue weighted by atomic mass is 79.9. The normalized spacial score (nSPS) is 16.0. The fourth-order valence-electron chi connectivity index (χ4n) is 2.65. The molecule has 0 atom stereocenters. The summed E-state index contributed by atoms with van der Waals surface area (Å²) >= 11 is 3.37. The van der Waals surface area contributed by atoms with Crippen LogP contribution in [0, 0.1) is 0 Å². The second kappa shape index (κ2) is 9.50. The van der Waals surface area contributed by atoms with Crippen LogP contribution in [0.3, 0.4) is 0 Å². The predicted molar refractivity (Wildman–Crippen MR) is 93.8 cm³/mol. The molecule has 1 aromatic rings. The molecule has 124 valence electrons. The highest BCUT2D eigenvalue weighted by Crippen LogP contribution is 2.17. The van der Waals surface area contributed by atoms with Crippen molar-refractivity contribution in [2.24, 2.45) is 0 Å². The van der Waals surface area contributed by atoms with Crippen LogP contribution in [0.1, 0.15) is 44.1 Å². The van der Waals surface area contributed by atoms with Gasteiger partial charge in [-0.3, -0.25) is 4.79 Å². The molecule has 1 aromatic carbocycles. The number of ether oxygens (including phenoxy) is 1. The number of hydrogen-bond donors (Lipinski definition) is 1. The lowest BCUT2D eigenvalue weighted by atomic mass is 10.1. The molecule has 5 heteroatoms. The van der Waals surface area contributed by atoms with Crippen molar-refractivity contribution in [1.29, 1.82) is 0 Å². The molecule has 0 saturated heterocycles. The van der Waals surface area contributed by atoms with Crippen LogP contribution in [0.25, 0.3) is 6.08 Å². The van der Waals surface area contributed by atoms with Crippen molar-refractivity contribution in [2.75, 3.05) is 6.61 Å². The maximum Gasteiger partial charge on any atom is 0.331 e. The van der Waals surface area contributed by atoms with Gasteiger partial charge in [0.1, 0.15) is 0 Å². The smallest absolute Gasteiger partial charge is 0.331 e. The van der Waals surface area contributed by atoms with E-state index in [1.165, 1.54) is 18.9 Å². The number of hydrogen-bond acceptors (Lipinski definition) is 3. The number of esters is 1. The van der Waals surface area contributed by atoms with Crippen molar-refractivity contribution in [1.82, 2.24) is 5.32 Å². The third-order valence-corrected chi connectivity index (χ3v) is 4.32. The third kappa shape index (κ3) is 6.99. The highest BCUT2D eigenvalue weighted by molar-refractivity contribution is 9.10. The number of amides is 1. The number of carbonyl (C=O) groups excluding carboxylic acids is 2. The molecule has 0 heterocycles. The summed E-state index contributed by atoms with van der Waals surface area (Å²) in [5, 5.41) is 2.95. The first-order valence-electron chi connectivity index (χ1n) is 8.03. The average molecular weight is 380 g/mol. The van der Waals surface area contributed by atoms with Crippen LogP contribution < -0.4 is 5.32 Å². The van der Waals surface area contributed by atoms with Gasteiger partial charge in [-0.15, -0.1) is 0 Å². The van der Waals surface area contributed by atoms with E-state index >= 15 is 0 Å². The van der Waals surface area contributed by atoms with Gasteiger partial charge < -0.3 is 10.1 Å². The summed E-state index contributed by atoms with van der Waals surface area (Å²) in [6.07, 6.45) is 9.81. The second-order valence-corrected chi connectivity index (χ2v) is 6.67. The summed E-state index contributed by atoms with van der Waals surface area (Å²) < 4.78 is 5.92. The molecule has 1 saturated carbocycles. The monoisotopic (exact) mass is 379 g/mol. The minimum absolute atomic E-state index is 0.221. The summed E-state index contributed by atoms with van der Waals surface area (Å²) in [5.74, 6) is -0.734. The molecule has 0 spiro atoms. The summed E-state index contributed by atoms with van der Waals surface area (Å²) in [6, 6.07) is 7.79. The number of halogens is 1. The lowest BCUT2D eigenvalue weighted by molar-refractivity contribution is -0.144. The first-order chi connectivity index (χ1) is 11.1. The molecule has 23 heavy (non-hydrogen) atoms. The van der Waals surface area contributed by atoms with Gasteiger partial charge in [-0.2, -0.15) is 0 Å². The number of nitrogens with one attached hydrogen (secondary N) is 1. The Morgan fingerprint density at radius 2 is 1.96 bits per heavy atom. The third-order valence-electron chi connectivity index (χ3n) is 3.83. The molecule has 2 rings (SSSR count).